The van der Waals surface area contributed by atoms with Gasteiger partial charge in [0.25, 0.3) is 0 Å². The summed E-state index contributed by atoms with van der Waals surface area (Å²) in [4.78, 5) is 15.9. The van der Waals surface area contributed by atoms with Crippen LogP contribution in [0.5, 0.6) is 0 Å². The van der Waals surface area contributed by atoms with Gasteiger partial charge in [-0.3, -0.25) is 9.69 Å². The molecule has 0 aromatic heterocycles. The Labute approximate surface area is 119 Å². The minimum absolute atomic E-state index is 0.0667. The van der Waals surface area contributed by atoms with Gasteiger partial charge in [-0.1, -0.05) is 11.6 Å². The van der Waals surface area contributed by atoms with Crippen molar-refractivity contribution in [1.82, 2.24) is 9.80 Å². The van der Waals surface area contributed by atoms with Crippen molar-refractivity contribution >= 4 is 28.9 Å². The Hall–Kier alpha value is -1.30. The van der Waals surface area contributed by atoms with E-state index in [9.17, 15) is 4.79 Å². The van der Waals surface area contributed by atoms with E-state index in [0.717, 1.165) is 13.1 Å². The number of halogens is 1. The smallest absolute Gasteiger partial charge is 0.238 e. The lowest BCUT2D eigenvalue weighted by molar-refractivity contribution is -0.117. The van der Waals surface area contributed by atoms with Crippen LogP contribution in [0, 0.1) is 0 Å². The number of nitrogens with zero attached hydrogens (tertiary/aromatic N) is 2. The van der Waals surface area contributed by atoms with Crippen LogP contribution < -0.4 is 11.1 Å². The first-order valence-electron chi connectivity index (χ1n) is 6.06. The highest BCUT2D eigenvalue weighted by Crippen LogP contribution is 2.22. The Bertz CT molecular complexity index is 437. The van der Waals surface area contributed by atoms with Gasteiger partial charge in [0.2, 0.25) is 5.91 Å². The topological polar surface area (TPSA) is 61.6 Å². The molecule has 1 aromatic carbocycles. The molecule has 0 spiro atoms. The predicted molar refractivity (Wildman–Crippen MR) is 80.5 cm³/mol. The fraction of sp³-hybridized carbons (Fsp3) is 0.462. The summed E-state index contributed by atoms with van der Waals surface area (Å²) in [6, 6.07) is 5.05. The number of benzene rings is 1. The standard InChI is InChI=1S/C13H21ClN4O/c1-17(2)6-7-18(3)9-13(19)16-10-4-5-11(14)12(15)8-10/h4-5,8H,6-7,9,15H2,1-3H3,(H,16,19). The maximum Gasteiger partial charge on any atom is 0.238 e. The largest absolute Gasteiger partial charge is 0.397 e. The van der Waals surface area contributed by atoms with Crippen LogP contribution in [0.2, 0.25) is 5.02 Å². The minimum atomic E-state index is -0.0667. The van der Waals surface area contributed by atoms with Crippen LogP contribution in [0.3, 0.4) is 0 Å². The Morgan fingerprint density at radius 3 is 2.58 bits per heavy atom. The number of carbonyl (C=O) groups is 1. The molecular weight excluding hydrogens is 264 g/mol. The van der Waals surface area contributed by atoms with E-state index < -0.39 is 0 Å². The van der Waals surface area contributed by atoms with Gasteiger partial charge in [-0.2, -0.15) is 0 Å². The molecule has 19 heavy (non-hydrogen) atoms. The highest BCUT2D eigenvalue weighted by molar-refractivity contribution is 6.33. The molecule has 6 heteroatoms. The van der Waals surface area contributed by atoms with Crippen molar-refractivity contribution in [2.75, 3.05) is 51.8 Å². The molecule has 106 valence electrons. The Morgan fingerprint density at radius 2 is 2.00 bits per heavy atom. The van der Waals surface area contributed by atoms with E-state index in [0.29, 0.717) is 22.9 Å². The Kier molecular flexibility index (Phi) is 6.08. The summed E-state index contributed by atoms with van der Waals surface area (Å²) < 4.78 is 0. The molecule has 1 aromatic rings. The van der Waals surface area contributed by atoms with Crippen molar-refractivity contribution in [3.63, 3.8) is 0 Å². The van der Waals surface area contributed by atoms with Gasteiger partial charge in [-0.15, -0.1) is 0 Å². The molecule has 0 aliphatic rings. The lowest BCUT2D eigenvalue weighted by atomic mass is 10.3. The summed E-state index contributed by atoms with van der Waals surface area (Å²) in [5.74, 6) is -0.0667. The molecule has 0 saturated heterocycles. The maximum absolute atomic E-state index is 11.8. The second-order valence-corrected chi connectivity index (χ2v) is 5.23. The van der Waals surface area contributed by atoms with E-state index >= 15 is 0 Å². The molecule has 0 aliphatic heterocycles. The fourth-order valence-corrected chi connectivity index (χ4v) is 1.63. The molecule has 0 atom stereocenters. The molecule has 1 rings (SSSR count). The molecule has 0 radical (unpaired) electrons. The van der Waals surface area contributed by atoms with E-state index in [1.165, 1.54) is 0 Å². The van der Waals surface area contributed by atoms with Crippen LogP contribution in [0.4, 0.5) is 11.4 Å². The number of nitrogens with two attached hydrogens (primary N) is 1. The molecule has 0 bridgehead atoms. The number of nitrogens with one attached hydrogen (secondary N) is 1. The second kappa shape index (κ2) is 7.33. The SMILES string of the molecule is CN(C)CCN(C)CC(=O)Nc1ccc(Cl)c(N)c1. The van der Waals surface area contributed by atoms with Crippen LogP contribution in [-0.4, -0.2) is 56.5 Å². The number of carbonyl (C=O) groups excluding carboxylic acids is 1. The van der Waals surface area contributed by atoms with Gasteiger partial charge in [0, 0.05) is 18.8 Å². The van der Waals surface area contributed by atoms with Crippen molar-refractivity contribution < 1.29 is 4.79 Å². The highest BCUT2D eigenvalue weighted by Gasteiger charge is 2.08. The van der Waals surface area contributed by atoms with Crippen molar-refractivity contribution in [1.29, 1.82) is 0 Å². The maximum atomic E-state index is 11.8. The summed E-state index contributed by atoms with van der Waals surface area (Å²) >= 11 is 5.82. The van der Waals surface area contributed by atoms with E-state index in [4.69, 9.17) is 17.3 Å². The normalized spacial score (nSPS) is 11.1. The van der Waals surface area contributed by atoms with Gasteiger partial charge in [-0.05, 0) is 39.3 Å². The monoisotopic (exact) mass is 284 g/mol. The van der Waals surface area contributed by atoms with Gasteiger partial charge < -0.3 is 16.0 Å². The number of likely N-dealkylation sites (N-methyl/N-ethyl adjacent to an activating group) is 2. The molecule has 3 N–H and O–H groups in total. The Morgan fingerprint density at radius 1 is 1.32 bits per heavy atom. The average Bonchev–Trinajstić information content (AvgIpc) is 2.31. The molecule has 0 fully saturated rings. The molecule has 0 saturated carbocycles. The van der Waals surface area contributed by atoms with Gasteiger partial charge in [0.05, 0.1) is 17.3 Å². The van der Waals surface area contributed by atoms with Crippen LogP contribution in [0.15, 0.2) is 18.2 Å². The lowest BCUT2D eigenvalue weighted by Crippen LogP contribution is -2.34. The van der Waals surface area contributed by atoms with E-state index in [-0.39, 0.29) is 5.91 Å². The van der Waals surface area contributed by atoms with Crippen molar-refractivity contribution in [2.45, 2.75) is 0 Å². The first-order valence-corrected chi connectivity index (χ1v) is 6.44. The quantitative estimate of drug-likeness (QED) is 0.774. The summed E-state index contributed by atoms with van der Waals surface area (Å²) in [6.07, 6.45) is 0. The molecular formula is C13H21ClN4O. The molecule has 0 unspecified atom stereocenters. The first kappa shape index (κ1) is 15.8. The van der Waals surface area contributed by atoms with E-state index in [1.807, 2.05) is 26.0 Å². The van der Waals surface area contributed by atoms with Crippen LogP contribution >= 0.6 is 11.6 Å². The zero-order valence-electron chi connectivity index (χ0n) is 11.6. The third-order valence-corrected chi connectivity index (χ3v) is 2.97. The molecule has 0 aliphatic carbocycles. The average molecular weight is 285 g/mol. The van der Waals surface area contributed by atoms with Crippen LogP contribution in [-0.2, 0) is 4.79 Å². The molecule has 5 nitrogen and oxygen atoms in total. The highest BCUT2D eigenvalue weighted by atomic mass is 35.5. The zero-order valence-corrected chi connectivity index (χ0v) is 12.4. The first-order chi connectivity index (χ1) is 8.88. The van der Waals surface area contributed by atoms with Crippen LogP contribution in [0.25, 0.3) is 0 Å². The molecule has 0 heterocycles. The summed E-state index contributed by atoms with van der Waals surface area (Å²) in [5, 5.41) is 3.28. The van der Waals surface area contributed by atoms with E-state index in [2.05, 4.69) is 10.2 Å². The fourth-order valence-electron chi connectivity index (χ4n) is 1.52. The number of rotatable bonds is 6. The van der Waals surface area contributed by atoms with Gasteiger partial charge in [0.15, 0.2) is 0 Å². The van der Waals surface area contributed by atoms with Gasteiger partial charge >= 0.3 is 0 Å². The van der Waals surface area contributed by atoms with Crippen molar-refractivity contribution in [3.8, 4) is 0 Å². The lowest BCUT2D eigenvalue weighted by Gasteiger charge is -2.18. The van der Waals surface area contributed by atoms with Gasteiger partial charge in [-0.25, -0.2) is 0 Å². The third-order valence-electron chi connectivity index (χ3n) is 2.62. The predicted octanol–water partition coefficient (Wildman–Crippen LogP) is 1.35. The number of amides is 1. The van der Waals surface area contributed by atoms with Crippen LogP contribution in [0.1, 0.15) is 0 Å². The Balaban J connectivity index is 2.44. The third kappa shape index (κ3) is 5.92. The van der Waals surface area contributed by atoms with E-state index in [1.54, 1.807) is 18.2 Å². The minimum Gasteiger partial charge on any atom is -0.397 e. The molecule has 1 amide bonds. The summed E-state index contributed by atoms with van der Waals surface area (Å²) in [5.41, 5.74) is 6.80. The van der Waals surface area contributed by atoms with Gasteiger partial charge in [0.1, 0.15) is 0 Å². The number of hydrogen-bond acceptors (Lipinski definition) is 4. The zero-order chi connectivity index (χ0) is 14.4. The number of hydrogen-bond donors (Lipinski definition) is 2. The van der Waals surface area contributed by atoms with Crippen molar-refractivity contribution in [2.24, 2.45) is 0 Å². The summed E-state index contributed by atoms with van der Waals surface area (Å²) in [7, 11) is 5.92. The number of anilines is 2. The van der Waals surface area contributed by atoms with Crippen molar-refractivity contribution in [3.05, 3.63) is 23.2 Å². The summed E-state index contributed by atoms with van der Waals surface area (Å²) in [6.45, 7) is 2.09. The number of nitrogen functional groups attached to an aromatic ring is 1. The second-order valence-electron chi connectivity index (χ2n) is 4.83.